The van der Waals surface area contributed by atoms with Gasteiger partial charge in [0, 0.05) is 24.4 Å². The molecule has 2 aromatic rings. The third-order valence-corrected chi connectivity index (χ3v) is 4.43. The highest BCUT2D eigenvalue weighted by Crippen LogP contribution is 2.41. The van der Waals surface area contributed by atoms with Crippen molar-refractivity contribution < 1.29 is 14.7 Å². The first-order valence-electron chi connectivity index (χ1n) is 8.53. The van der Waals surface area contributed by atoms with E-state index in [1.165, 1.54) is 4.90 Å². The van der Waals surface area contributed by atoms with Crippen LogP contribution in [0.15, 0.2) is 66.2 Å². The van der Waals surface area contributed by atoms with Gasteiger partial charge in [0.1, 0.15) is 0 Å². The first-order chi connectivity index (χ1) is 12.3. The summed E-state index contributed by atoms with van der Waals surface area (Å²) in [4.78, 5) is 31.4. The van der Waals surface area contributed by atoms with E-state index in [2.05, 4.69) is 4.98 Å². The summed E-state index contributed by atoms with van der Waals surface area (Å²) in [6, 6.07) is 12.4. The lowest BCUT2D eigenvalue weighted by molar-refractivity contribution is -0.130. The molecule has 0 saturated carbocycles. The number of aliphatic hydroxyl groups excluding tert-OH is 1. The zero-order valence-corrected chi connectivity index (χ0v) is 15.1. The van der Waals surface area contributed by atoms with Crippen molar-refractivity contribution in [1.29, 1.82) is 0 Å². The van der Waals surface area contributed by atoms with Gasteiger partial charge in [-0.25, -0.2) is 0 Å². The molecule has 0 radical (unpaired) electrons. The van der Waals surface area contributed by atoms with Gasteiger partial charge in [-0.15, -0.1) is 0 Å². The predicted octanol–water partition coefficient (Wildman–Crippen LogP) is 3.59. The van der Waals surface area contributed by atoms with Crippen LogP contribution in [0.4, 0.5) is 0 Å². The van der Waals surface area contributed by atoms with Crippen molar-refractivity contribution in [3.63, 3.8) is 0 Å². The molecular formula is C21H22N2O3. The molecule has 3 rings (SSSR count). The number of aliphatic hydroxyl groups is 1. The number of hydrogen-bond donors (Lipinski definition) is 1. The first kappa shape index (κ1) is 17.9. The second kappa shape index (κ2) is 6.75. The van der Waals surface area contributed by atoms with Crippen LogP contribution < -0.4 is 0 Å². The zero-order valence-electron chi connectivity index (χ0n) is 15.1. The molecule has 1 aliphatic rings. The number of carbonyl (C=O) groups is 2. The fourth-order valence-electron chi connectivity index (χ4n) is 3.12. The van der Waals surface area contributed by atoms with E-state index in [0.29, 0.717) is 12.1 Å². The molecule has 2 heterocycles. The highest BCUT2D eigenvalue weighted by Gasteiger charge is 2.45. The van der Waals surface area contributed by atoms with Crippen LogP contribution in [0.25, 0.3) is 0 Å². The molecule has 0 saturated heterocycles. The van der Waals surface area contributed by atoms with Crippen LogP contribution in [0.3, 0.4) is 0 Å². The van der Waals surface area contributed by atoms with Crippen molar-refractivity contribution in [3.8, 4) is 0 Å². The second-order valence-corrected chi connectivity index (χ2v) is 7.45. The summed E-state index contributed by atoms with van der Waals surface area (Å²) in [7, 11) is 0. The zero-order chi connectivity index (χ0) is 18.9. The van der Waals surface area contributed by atoms with Crippen LogP contribution in [-0.4, -0.2) is 26.7 Å². The Kier molecular flexibility index (Phi) is 4.64. The molecule has 1 aromatic heterocycles. The third kappa shape index (κ3) is 3.25. The molecule has 0 spiro atoms. The molecule has 1 N–H and O–H groups in total. The maximum Gasteiger partial charge on any atom is 0.290 e. The molecule has 1 amide bonds. The molecule has 0 fully saturated rings. The van der Waals surface area contributed by atoms with Crippen molar-refractivity contribution in [3.05, 3.63) is 77.3 Å². The van der Waals surface area contributed by atoms with E-state index in [4.69, 9.17) is 0 Å². The van der Waals surface area contributed by atoms with Gasteiger partial charge in [0.25, 0.3) is 5.91 Å². The number of rotatable bonds is 4. The number of hydrogen-bond acceptors (Lipinski definition) is 4. The van der Waals surface area contributed by atoms with Crippen LogP contribution in [0.1, 0.15) is 37.9 Å². The third-order valence-electron chi connectivity index (χ3n) is 4.43. The van der Waals surface area contributed by atoms with E-state index >= 15 is 0 Å². The molecule has 5 heteroatoms. The summed E-state index contributed by atoms with van der Waals surface area (Å²) in [5.74, 6) is -1.24. The van der Waals surface area contributed by atoms with Gasteiger partial charge in [-0.1, -0.05) is 57.2 Å². The SMILES string of the molecule is CC(C)(C)C(=O)C1=C(O)C(=O)N(Cc2ccccc2)C1c1cccnc1. The van der Waals surface area contributed by atoms with Gasteiger partial charge in [-0.05, 0) is 17.2 Å². The molecule has 0 aliphatic carbocycles. The second-order valence-electron chi connectivity index (χ2n) is 7.45. The molecular weight excluding hydrogens is 328 g/mol. The largest absolute Gasteiger partial charge is 0.503 e. The van der Waals surface area contributed by atoms with Gasteiger partial charge in [0.2, 0.25) is 0 Å². The van der Waals surface area contributed by atoms with Crippen molar-refractivity contribution in [2.75, 3.05) is 0 Å². The van der Waals surface area contributed by atoms with Crippen molar-refractivity contribution >= 4 is 11.7 Å². The monoisotopic (exact) mass is 350 g/mol. The quantitative estimate of drug-likeness (QED) is 0.915. The molecule has 1 aliphatic heterocycles. The first-order valence-corrected chi connectivity index (χ1v) is 8.53. The molecule has 1 unspecified atom stereocenters. The number of benzene rings is 1. The average molecular weight is 350 g/mol. The summed E-state index contributed by atoms with van der Waals surface area (Å²) in [5, 5.41) is 10.5. The van der Waals surface area contributed by atoms with Crippen molar-refractivity contribution in [1.82, 2.24) is 9.88 Å². The fourth-order valence-corrected chi connectivity index (χ4v) is 3.12. The Labute approximate surface area is 153 Å². The van der Waals surface area contributed by atoms with E-state index in [1.54, 1.807) is 39.2 Å². The summed E-state index contributed by atoms with van der Waals surface area (Å²) in [6.07, 6.45) is 3.26. The minimum absolute atomic E-state index is 0.145. The van der Waals surface area contributed by atoms with Crippen LogP contribution in [0.5, 0.6) is 0 Å². The van der Waals surface area contributed by atoms with Gasteiger partial charge in [0.05, 0.1) is 11.6 Å². The average Bonchev–Trinajstić information content (AvgIpc) is 2.87. The van der Waals surface area contributed by atoms with E-state index in [0.717, 1.165) is 5.56 Å². The minimum atomic E-state index is -0.715. The molecule has 26 heavy (non-hydrogen) atoms. The number of amides is 1. The summed E-state index contributed by atoms with van der Waals surface area (Å²) in [5.41, 5.74) is 1.05. The lowest BCUT2D eigenvalue weighted by Crippen LogP contribution is -2.32. The fraction of sp³-hybridized carbons (Fsp3) is 0.286. The number of pyridine rings is 1. The lowest BCUT2D eigenvalue weighted by Gasteiger charge is -2.28. The van der Waals surface area contributed by atoms with Crippen LogP contribution in [0, 0.1) is 5.41 Å². The summed E-state index contributed by atoms with van der Waals surface area (Å²) in [6.45, 7) is 5.63. The summed E-state index contributed by atoms with van der Waals surface area (Å²) >= 11 is 0. The smallest absolute Gasteiger partial charge is 0.290 e. The number of ketones is 1. The Balaban J connectivity index is 2.08. The van der Waals surface area contributed by atoms with E-state index in [1.807, 2.05) is 36.4 Å². The maximum absolute atomic E-state index is 13.0. The Morgan fingerprint density at radius 2 is 1.85 bits per heavy atom. The van der Waals surface area contributed by atoms with Gasteiger partial charge in [-0.3, -0.25) is 14.6 Å². The number of Topliss-reactive ketones (excluding diaryl/α,β-unsaturated/α-hetero) is 1. The number of nitrogens with zero attached hydrogens (tertiary/aromatic N) is 2. The van der Waals surface area contributed by atoms with Gasteiger partial charge in [-0.2, -0.15) is 0 Å². The number of carbonyl (C=O) groups excluding carboxylic acids is 2. The molecule has 134 valence electrons. The van der Waals surface area contributed by atoms with E-state index in [-0.39, 0.29) is 11.4 Å². The van der Waals surface area contributed by atoms with Crippen molar-refractivity contribution in [2.45, 2.75) is 33.4 Å². The van der Waals surface area contributed by atoms with E-state index < -0.39 is 23.1 Å². The van der Waals surface area contributed by atoms with Crippen LogP contribution in [0.2, 0.25) is 0 Å². The standard InChI is InChI=1S/C21H22N2O3/c1-21(2,3)19(25)16-17(15-10-7-11-22-12-15)23(20(26)18(16)24)13-14-8-5-4-6-9-14/h4-12,17,24H,13H2,1-3H3. The maximum atomic E-state index is 13.0. The Morgan fingerprint density at radius 1 is 1.15 bits per heavy atom. The van der Waals surface area contributed by atoms with Gasteiger partial charge in [0.15, 0.2) is 11.5 Å². The highest BCUT2D eigenvalue weighted by molar-refractivity contribution is 6.10. The number of aromatic nitrogens is 1. The normalized spacial score (nSPS) is 17.7. The molecule has 0 bridgehead atoms. The van der Waals surface area contributed by atoms with Crippen LogP contribution >= 0.6 is 0 Å². The predicted molar refractivity (Wildman–Crippen MR) is 98.1 cm³/mol. The minimum Gasteiger partial charge on any atom is -0.503 e. The topological polar surface area (TPSA) is 70.5 Å². The van der Waals surface area contributed by atoms with E-state index in [9.17, 15) is 14.7 Å². The Bertz CT molecular complexity index is 852. The summed E-state index contributed by atoms with van der Waals surface area (Å²) < 4.78 is 0. The molecule has 5 nitrogen and oxygen atoms in total. The lowest BCUT2D eigenvalue weighted by atomic mass is 9.82. The molecule has 1 aromatic carbocycles. The molecule has 1 atom stereocenters. The van der Waals surface area contributed by atoms with Gasteiger partial charge < -0.3 is 10.0 Å². The van der Waals surface area contributed by atoms with Crippen LogP contribution in [-0.2, 0) is 16.1 Å². The Hall–Kier alpha value is -2.95. The van der Waals surface area contributed by atoms with Crippen molar-refractivity contribution in [2.24, 2.45) is 5.41 Å². The Morgan fingerprint density at radius 3 is 2.42 bits per heavy atom. The van der Waals surface area contributed by atoms with Gasteiger partial charge >= 0.3 is 0 Å². The highest BCUT2D eigenvalue weighted by atomic mass is 16.3.